The fraction of sp³-hybridized carbons (Fsp3) is 0.278. The zero-order valence-electron chi connectivity index (χ0n) is 14.0. The van der Waals surface area contributed by atoms with Crippen LogP contribution in [0.1, 0.15) is 36.7 Å². The molecule has 24 heavy (non-hydrogen) atoms. The van der Waals surface area contributed by atoms with Crippen molar-refractivity contribution in [2.45, 2.75) is 33.0 Å². The highest BCUT2D eigenvalue weighted by atomic mass is 16.6. The minimum Gasteiger partial charge on any atom is -0.488 e. The Morgan fingerprint density at radius 2 is 1.71 bits per heavy atom. The lowest BCUT2D eigenvalue weighted by Gasteiger charge is -2.21. The van der Waals surface area contributed by atoms with E-state index in [9.17, 15) is 14.8 Å². The third-order valence-corrected chi connectivity index (χ3v) is 3.17. The molecular weight excluding hydrogens is 307 g/mol. The molecule has 0 aromatic heterocycles. The van der Waals surface area contributed by atoms with Gasteiger partial charge < -0.3 is 19.5 Å². The third kappa shape index (κ3) is 4.84. The monoisotopic (exact) mass is 328 g/mol. The lowest BCUT2D eigenvalue weighted by molar-refractivity contribution is 0.00657. The summed E-state index contributed by atoms with van der Waals surface area (Å²) in [6.07, 6.45) is 0. The zero-order chi connectivity index (χ0) is 17.7. The van der Waals surface area contributed by atoms with Crippen LogP contribution in [0.2, 0.25) is 0 Å². The normalized spacial score (nSPS) is 11.0. The summed E-state index contributed by atoms with van der Waals surface area (Å²) in [5.74, 6) is -0.460. The Bertz CT molecular complexity index is 692. The second kappa shape index (κ2) is 7.51. The van der Waals surface area contributed by atoms with Gasteiger partial charge in [-0.05, 0) is 32.4 Å². The molecule has 6 heteroatoms. The number of para-hydroxylation sites is 1. The summed E-state index contributed by atoms with van der Waals surface area (Å²) in [5.41, 5.74) is 0.511. The van der Waals surface area contributed by atoms with E-state index in [-0.39, 0.29) is 23.4 Å². The molecular formula is C18H21BO5. The summed E-state index contributed by atoms with van der Waals surface area (Å²) in [5, 5.41) is 19.1. The van der Waals surface area contributed by atoms with E-state index in [1.807, 2.05) is 30.3 Å². The molecule has 0 saturated carbocycles. The maximum atomic E-state index is 12.4. The predicted molar refractivity (Wildman–Crippen MR) is 92.2 cm³/mol. The van der Waals surface area contributed by atoms with Crippen LogP contribution in [0.25, 0.3) is 0 Å². The van der Waals surface area contributed by atoms with Gasteiger partial charge in [0.25, 0.3) is 0 Å². The van der Waals surface area contributed by atoms with E-state index in [2.05, 4.69) is 0 Å². The predicted octanol–water partition coefficient (Wildman–Crippen LogP) is 1.90. The number of benzene rings is 2. The molecule has 0 fully saturated rings. The van der Waals surface area contributed by atoms with Crippen LogP contribution >= 0.6 is 0 Å². The number of hydrogen-bond donors (Lipinski definition) is 2. The van der Waals surface area contributed by atoms with Crippen LogP contribution in [0.5, 0.6) is 5.75 Å². The average molecular weight is 328 g/mol. The van der Waals surface area contributed by atoms with Crippen molar-refractivity contribution in [3.8, 4) is 5.75 Å². The smallest absolute Gasteiger partial charge is 0.488 e. The minimum absolute atomic E-state index is 0.116. The molecule has 2 N–H and O–H groups in total. The molecule has 0 bridgehead atoms. The van der Waals surface area contributed by atoms with E-state index in [1.165, 1.54) is 6.07 Å². The Morgan fingerprint density at radius 3 is 2.29 bits per heavy atom. The first-order valence-electron chi connectivity index (χ1n) is 7.67. The number of esters is 1. The van der Waals surface area contributed by atoms with Crippen LogP contribution in [-0.2, 0) is 11.3 Å². The van der Waals surface area contributed by atoms with Crippen LogP contribution < -0.4 is 10.2 Å². The molecule has 2 aromatic rings. The molecule has 0 aliphatic rings. The highest BCUT2D eigenvalue weighted by Gasteiger charge is 2.26. The number of hydrogen-bond acceptors (Lipinski definition) is 5. The lowest BCUT2D eigenvalue weighted by atomic mass is 9.78. The van der Waals surface area contributed by atoms with Crippen LogP contribution in [0.15, 0.2) is 48.5 Å². The van der Waals surface area contributed by atoms with E-state index in [0.717, 1.165) is 5.56 Å². The number of carbonyl (C=O) groups is 1. The molecule has 0 amide bonds. The van der Waals surface area contributed by atoms with Crippen LogP contribution in [0.3, 0.4) is 0 Å². The van der Waals surface area contributed by atoms with E-state index in [4.69, 9.17) is 9.47 Å². The molecule has 0 radical (unpaired) electrons. The van der Waals surface area contributed by atoms with Gasteiger partial charge in [0.15, 0.2) is 0 Å². The largest absolute Gasteiger partial charge is 0.492 e. The van der Waals surface area contributed by atoms with E-state index in [0.29, 0.717) is 0 Å². The maximum Gasteiger partial charge on any atom is 0.492 e. The zero-order valence-corrected chi connectivity index (χ0v) is 14.0. The SMILES string of the molecule is CC(C)(C)OC(=O)c1cccc(B(O)O)c1OCc1ccccc1. The van der Waals surface area contributed by atoms with Gasteiger partial charge in [0.2, 0.25) is 0 Å². The summed E-state index contributed by atoms with van der Waals surface area (Å²) in [7, 11) is -1.75. The summed E-state index contributed by atoms with van der Waals surface area (Å²) in [4.78, 5) is 12.4. The van der Waals surface area contributed by atoms with Gasteiger partial charge >= 0.3 is 13.1 Å². The van der Waals surface area contributed by atoms with Gasteiger partial charge in [0.05, 0.1) is 0 Å². The highest BCUT2D eigenvalue weighted by Crippen LogP contribution is 2.21. The second-order valence-electron chi connectivity index (χ2n) is 6.37. The van der Waals surface area contributed by atoms with Crippen LogP contribution in [-0.4, -0.2) is 28.7 Å². The fourth-order valence-electron chi connectivity index (χ4n) is 2.14. The molecule has 0 atom stereocenters. The van der Waals surface area contributed by atoms with Gasteiger partial charge in [-0.25, -0.2) is 4.79 Å². The summed E-state index contributed by atoms with van der Waals surface area (Å²) < 4.78 is 11.1. The van der Waals surface area contributed by atoms with Crippen molar-refractivity contribution in [3.63, 3.8) is 0 Å². The van der Waals surface area contributed by atoms with Gasteiger partial charge in [-0.2, -0.15) is 0 Å². The Hall–Kier alpha value is -2.31. The first kappa shape index (κ1) is 18.0. The second-order valence-corrected chi connectivity index (χ2v) is 6.37. The molecule has 0 saturated heterocycles. The first-order valence-corrected chi connectivity index (χ1v) is 7.67. The molecule has 126 valence electrons. The summed E-state index contributed by atoms with van der Waals surface area (Å²) in [6.45, 7) is 5.49. The highest BCUT2D eigenvalue weighted by molar-refractivity contribution is 6.60. The average Bonchev–Trinajstić information content (AvgIpc) is 2.51. The number of ether oxygens (including phenoxy) is 2. The van der Waals surface area contributed by atoms with Gasteiger partial charge in [-0.15, -0.1) is 0 Å². The Morgan fingerprint density at radius 1 is 1.04 bits per heavy atom. The van der Waals surface area contributed by atoms with Crippen molar-refractivity contribution in [2.24, 2.45) is 0 Å². The van der Waals surface area contributed by atoms with Gasteiger partial charge in [0.1, 0.15) is 23.5 Å². The molecule has 0 aliphatic carbocycles. The topological polar surface area (TPSA) is 76.0 Å². The molecule has 2 aromatic carbocycles. The molecule has 0 aliphatic heterocycles. The molecule has 0 spiro atoms. The lowest BCUT2D eigenvalue weighted by Crippen LogP contribution is -2.33. The molecule has 2 rings (SSSR count). The standard InChI is InChI=1S/C18H21BO5/c1-18(2,3)24-17(20)14-10-7-11-15(19(21)22)16(14)23-12-13-8-5-4-6-9-13/h4-11,21-22H,12H2,1-3H3. The van der Waals surface area contributed by atoms with Crippen LogP contribution in [0.4, 0.5) is 0 Å². The van der Waals surface area contributed by atoms with E-state index >= 15 is 0 Å². The van der Waals surface area contributed by atoms with Gasteiger partial charge in [0, 0.05) is 5.46 Å². The van der Waals surface area contributed by atoms with Crippen molar-refractivity contribution in [2.75, 3.05) is 0 Å². The Kier molecular flexibility index (Phi) is 5.64. The summed E-state index contributed by atoms with van der Waals surface area (Å²) in [6, 6.07) is 14.0. The fourth-order valence-corrected chi connectivity index (χ4v) is 2.14. The van der Waals surface area contributed by atoms with Crippen molar-refractivity contribution in [1.82, 2.24) is 0 Å². The number of carbonyl (C=O) groups excluding carboxylic acids is 1. The van der Waals surface area contributed by atoms with Crippen molar-refractivity contribution < 1.29 is 24.3 Å². The Labute approximate surface area is 142 Å². The van der Waals surface area contributed by atoms with Crippen molar-refractivity contribution in [1.29, 1.82) is 0 Å². The van der Waals surface area contributed by atoms with Crippen LogP contribution in [0, 0.1) is 0 Å². The Balaban J connectivity index is 2.33. The quantitative estimate of drug-likeness (QED) is 0.648. The molecule has 0 heterocycles. The first-order chi connectivity index (χ1) is 11.3. The third-order valence-electron chi connectivity index (χ3n) is 3.17. The number of rotatable bonds is 5. The molecule has 5 nitrogen and oxygen atoms in total. The maximum absolute atomic E-state index is 12.4. The van der Waals surface area contributed by atoms with Crippen molar-refractivity contribution in [3.05, 3.63) is 59.7 Å². The van der Waals surface area contributed by atoms with Gasteiger partial charge in [-0.1, -0.05) is 42.5 Å². The minimum atomic E-state index is -1.75. The summed E-state index contributed by atoms with van der Waals surface area (Å²) >= 11 is 0. The van der Waals surface area contributed by atoms with Crippen molar-refractivity contribution >= 4 is 18.6 Å². The molecule has 0 unspecified atom stereocenters. The van der Waals surface area contributed by atoms with E-state index in [1.54, 1.807) is 32.9 Å². The van der Waals surface area contributed by atoms with E-state index < -0.39 is 18.7 Å². The van der Waals surface area contributed by atoms with Gasteiger partial charge in [-0.3, -0.25) is 0 Å².